The van der Waals surface area contributed by atoms with Crippen LogP contribution in [0.5, 0.6) is 0 Å². The molecule has 7 nitrogen and oxygen atoms in total. The highest BCUT2D eigenvalue weighted by atomic mass is 16.6. The maximum atomic E-state index is 11.1. The van der Waals surface area contributed by atoms with Crippen LogP contribution in [0.1, 0.15) is 10.5 Å². The fraction of sp³-hybridized carbons (Fsp3) is 0. The largest absolute Gasteiger partial charge is 0.476 e. The number of carboxylic acids is 1. The summed E-state index contributed by atoms with van der Waals surface area (Å²) in [5.41, 5.74) is -0.0524. The minimum Gasteiger partial charge on any atom is -0.476 e. The quantitative estimate of drug-likeness (QED) is 0.435. The van der Waals surface area contributed by atoms with Gasteiger partial charge >= 0.3 is 11.7 Å². The van der Waals surface area contributed by atoms with Crippen LogP contribution in [-0.2, 0) is 0 Å². The number of hydrogen-bond donors (Lipinski definition) is 1. The number of nitro groups is 1. The molecule has 2 heterocycles. The number of aromatic carboxylic acids is 1. The molecule has 0 atom stereocenters. The van der Waals surface area contributed by atoms with Gasteiger partial charge in [0.2, 0.25) is 5.69 Å². The average Bonchev–Trinajstić information content (AvgIpc) is 2.45. The van der Waals surface area contributed by atoms with Crippen molar-refractivity contribution >= 4 is 33.5 Å². The average molecular weight is 269 g/mol. The number of benzene rings is 1. The molecule has 1 N–H and O–H groups in total. The van der Waals surface area contributed by atoms with Gasteiger partial charge in [-0.2, -0.15) is 0 Å². The van der Waals surface area contributed by atoms with Crippen molar-refractivity contribution in [1.82, 2.24) is 9.97 Å². The molecular weight excluding hydrogens is 262 g/mol. The van der Waals surface area contributed by atoms with Crippen molar-refractivity contribution in [2.75, 3.05) is 0 Å². The Morgan fingerprint density at radius 3 is 2.80 bits per heavy atom. The first kappa shape index (κ1) is 12.0. The van der Waals surface area contributed by atoms with Gasteiger partial charge in [-0.05, 0) is 18.2 Å². The summed E-state index contributed by atoms with van der Waals surface area (Å²) in [6.45, 7) is 0. The van der Waals surface area contributed by atoms with Crippen LogP contribution in [0.3, 0.4) is 0 Å². The molecule has 20 heavy (non-hydrogen) atoms. The molecule has 0 aliphatic heterocycles. The number of hydrogen-bond acceptors (Lipinski definition) is 5. The minimum absolute atomic E-state index is 0.388. The summed E-state index contributed by atoms with van der Waals surface area (Å²) in [6, 6.07) is 8.01. The molecule has 0 saturated carbocycles. The van der Waals surface area contributed by atoms with E-state index >= 15 is 0 Å². The Balaban J connectivity index is 2.48. The number of aromatic nitrogens is 2. The van der Waals surface area contributed by atoms with E-state index in [1.54, 1.807) is 30.5 Å². The van der Waals surface area contributed by atoms with Crippen LogP contribution in [-0.4, -0.2) is 26.0 Å². The second-order valence-electron chi connectivity index (χ2n) is 4.13. The van der Waals surface area contributed by atoms with Crippen molar-refractivity contribution in [3.63, 3.8) is 0 Å². The van der Waals surface area contributed by atoms with Crippen LogP contribution in [0.2, 0.25) is 0 Å². The van der Waals surface area contributed by atoms with E-state index in [1.807, 2.05) is 0 Å². The van der Waals surface area contributed by atoms with Crippen LogP contribution < -0.4 is 0 Å². The van der Waals surface area contributed by atoms with E-state index in [0.29, 0.717) is 21.8 Å². The second-order valence-corrected chi connectivity index (χ2v) is 4.13. The zero-order valence-electron chi connectivity index (χ0n) is 9.98. The number of nitrogens with zero attached hydrogens (tertiary/aromatic N) is 3. The SMILES string of the molecule is O=C(O)c1nc2c(ccc3ncccc32)cc1[N+](=O)[O-]. The summed E-state index contributed by atoms with van der Waals surface area (Å²) >= 11 is 0. The Bertz CT molecular complexity index is 876. The molecule has 7 heteroatoms. The van der Waals surface area contributed by atoms with Gasteiger partial charge in [0.1, 0.15) is 0 Å². The summed E-state index contributed by atoms with van der Waals surface area (Å²) in [6.07, 6.45) is 1.61. The first-order valence-corrected chi connectivity index (χ1v) is 5.64. The molecule has 0 fully saturated rings. The van der Waals surface area contributed by atoms with Gasteiger partial charge in [0.25, 0.3) is 0 Å². The number of carboxylic acid groups (broad SMARTS) is 1. The zero-order chi connectivity index (χ0) is 14.3. The predicted molar refractivity (Wildman–Crippen MR) is 70.7 cm³/mol. The maximum absolute atomic E-state index is 11.1. The highest BCUT2D eigenvalue weighted by Gasteiger charge is 2.23. The maximum Gasteiger partial charge on any atom is 0.361 e. The van der Waals surface area contributed by atoms with Gasteiger partial charge in [-0.25, -0.2) is 9.78 Å². The van der Waals surface area contributed by atoms with Crippen LogP contribution in [0.15, 0.2) is 36.5 Å². The van der Waals surface area contributed by atoms with Crippen LogP contribution in [0, 0.1) is 10.1 Å². The molecule has 0 radical (unpaired) electrons. The number of carbonyl (C=O) groups is 1. The fourth-order valence-corrected chi connectivity index (χ4v) is 2.08. The lowest BCUT2D eigenvalue weighted by atomic mass is 10.1. The molecule has 0 spiro atoms. The molecule has 0 bridgehead atoms. The molecule has 3 aromatic rings. The Kier molecular flexibility index (Phi) is 2.53. The van der Waals surface area contributed by atoms with Crippen molar-refractivity contribution in [2.45, 2.75) is 0 Å². The summed E-state index contributed by atoms with van der Waals surface area (Å²) in [4.78, 5) is 29.4. The Labute approximate surface area is 111 Å². The standard InChI is InChI=1S/C13H7N3O4/c17-13(18)12-10(16(19)20)6-7-3-4-9-8(11(7)15-12)2-1-5-14-9/h1-6H,(H,17,18). The van der Waals surface area contributed by atoms with Gasteiger partial charge in [-0.15, -0.1) is 0 Å². The van der Waals surface area contributed by atoms with E-state index in [2.05, 4.69) is 9.97 Å². The predicted octanol–water partition coefficient (Wildman–Crippen LogP) is 2.39. The smallest absolute Gasteiger partial charge is 0.361 e. The van der Waals surface area contributed by atoms with Gasteiger partial charge in [-0.1, -0.05) is 6.07 Å². The molecule has 0 aliphatic carbocycles. The Morgan fingerprint density at radius 2 is 2.10 bits per heavy atom. The lowest BCUT2D eigenvalue weighted by Crippen LogP contribution is -2.06. The first-order valence-electron chi connectivity index (χ1n) is 5.64. The fourth-order valence-electron chi connectivity index (χ4n) is 2.08. The van der Waals surface area contributed by atoms with Crippen molar-refractivity contribution in [3.05, 3.63) is 52.3 Å². The lowest BCUT2D eigenvalue weighted by Gasteiger charge is -2.04. The van der Waals surface area contributed by atoms with Gasteiger partial charge in [-0.3, -0.25) is 15.1 Å². The Morgan fingerprint density at radius 1 is 1.30 bits per heavy atom. The van der Waals surface area contributed by atoms with Gasteiger partial charge in [0.05, 0.1) is 16.0 Å². The summed E-state index contributed by atoms with van der Waals surface area (Å²) in [7, 11) is 0. The number of rotatable bonds is 2. The molecule has 2 aromatic heterocycles. The monoisotopic (exact) mass is 269 g/mol. The molecule has 0 unspecified atom stereocenters. The normalized spacial score (nSPS) is 10.8. The van der Waals surface area contributed by atoms with Gasteiger partial charge in [0.15, 0.2) is 0 Å². The minimum atomic E-state index is -1.43. The molecule has 3 rings (SSSR count). The van der Waals surface area contributed by atoms with Gasteiger partial charge < -0.3 is 5.11 Å². The molecular formula is C13H7N3O4. The van der Waals surface area contributed by atoms with E-state index in [9.17, 15) is 14.9 Å². The summed E-state index contributed by atoms with van der Waals surface area (Å²) < 4.78 is 0. The molecule has 0 saturated heterocycles. The highest BCUT2D eigenvalue weighted by Crippen LogP contribution is 2.27. The molecule has 0 amide bonds. The topological polar surface area (TPSA) is 106 Å². The van der Waals surface area contributed by atoms with Gasteiger partial charge in [0, 0.05) is 23.0 Å². The third-order valence-electron chi connectivity index (χ3n) is 2.95. The lowest BCUT2D eigenvalue weighted by molar-refractivity contribution is -0.385. The third-order valence-corrected chi connectivity index (χ3v) is 2.95. The van der Waals surface area contributed by atoms with E-state index in [0.717, 1.165) is 0 Å². The van der Waals surface area contributed by atoms with E-state index in [-0.39, 0.29) is 0 Å². The summed E-state index contributed by atoms with van der Waals surface area (Å²) in [5, 5.41) is 21.1. The third kappa shape index (κ3) is 1.72. The van der Waals surface area contributed by atoms with E-state index in [4.69, 9.17) is 5.11 Å². The van der Waals surface area contributed by atoms with Crippen molar-refractivity contribution in [2.24, 2.45) is 0 Å². The van der Waals surface area contributed by atoms with Crippen LogP contribution in [0.4, 0.5) is 5.69 Å². The van der Waals surface area contributed by atoms with E-state index < -0.39 is 22.3 Å². The number of pyridine rings is 2. The molecule has 1 aromatic carbocycles. The first-order chi connectivity index (χ1) is 9.58. The van der Waals surface area contributed by atoms with Crippen molar-refractivity contribution in [1.29, 1.82) is 0 Å². The van der Waals surface area contributed by atoms with Crippen molar-refractivity contribution < 1.29 is 14.8 Å². The second kappa shape index (κ2) is 4.23. The Hall–Kier alpha value is -3.09. The summed E-state index contributed by atoms with van der Waals surface area (Å²) in [5.74, 6) is -1.43. The molecule has 0 aliphatic rings. The van der Waals surface area contributed by atoms with Crippen LogP contribution >= 0.6 is 0 Å². The number of fused-ring (bicyclic) bond motifs is 3. The molecule has 98 valence electrons. The highest BCUT2D eigenvalue weighted by molar-refractivity contribution is 6.06. The van der Waals surface area contributed by atoms with Crippen LogP contribution in [0.25, 0.3) is 21.8 Å². The van der Waals surface area contributed by atoms with E-state index in [1.165, 1.54) is 6.07 Å². The van der Waals surface area contributed by atoms with Crippen molar-refractivity contribution in [3.8, 4) is 0 Å². The zero-order valence-corrected chi connectivity index (χ0v) is 9.98.